The summed E-state index contributed by atoms with van der Waals surface area (Å²) in [6.45, 7) is 1.85. The van der Waals surface area contributed by atoms with E-state index in [4.69, 9.17) is 17.0 Å². The predicted molar refractivity (Wildman–Crippen MR) is 88.4 cm³/mol. The third kappa shape index (κ3) is 2.39. The van der Waals surface area contributed by atoms with Crippen molar-refractivity contribution < 1.29 is 4.79 Å². The van der Waals surface area contributed by atoms with Crippen molar-refractivity contribution >= 4 is 82.6 Å². The summed E-state index contributed by atoms with van der Waals surface area (Å²) in [6, 6.07) is 0. The Kier molecular flexibility index (Phi) is 4.39. The molecule has 1 aromatic rings. The van der Waals surface area contributed by atoms with Crippen molar-refractivity contribution in [1.82, 2.24) is 10.2 Å². The number of rotatable bonds is 1. The minimum absolute atomic E-state index is 0.0555. The quantitative estimate of drug-likeness (QED) is 0.582. The molecule has 1 aliphatic rings. The van der Waals surface area contributed by atoms with Gasteiger partial charge in [-0.25, -0.2) is 0 Å². The second-order valence-electron chi connectivity index (χ2n) is 4.27. The molecule has 0 bridgehead atoms. The number of halogens is 4. The molecule has 2 heterocycles. The fourth-order valence-electron chi connectivity index (χ4n) is 1.79. The highest BCUT2D eigenvalue weighted by Gasteiger charge is 2.48. The molecule has 2 rings (SSSR count). The van der Waals surface area contributed by atoms with Crippen LogP contribution >= 0.6 is 70.7 Å². The molecule has 0 spiro atoms. The Bertz CT molecular complexity index is 579. The summed E-state index contributed by atoms with van der Waals surface area (Å²) in [5.41, 5.74) is -0.767. The van der Waals surface area contributed by atoms with E-state index in [9.17, 15) is 4.79 Å². The SMILES string of the molecule is CN1C(=N)N[C@](C)(c2sc(Br)c(Br)c2Cl)C(Br)C1=O. The Balaban J connectivity index is 2.55. The van der Waals surface area contributed by atoms with Gasteiger partial charge >= 0.3 is 0 Å². The average molecular weight is 494 g/mol. The zero-order chi connectivity index (χ0) is 14.5. The average Bonchev–Trinajstić information content (AvgIpc) is 2.62. The molecule has 9 heteroatoms. The molecular formula is C10H9Br3ClN3OS. The van der Waals surface area contributed by atoms with Crippen molar-refractivity contribution in [1.29, 1.82) is 5.41 Å². The number of hydrogen-bond donors (Lipinski definition) is 2. The van der Waals surface area contributed by atoms with Crippen molar-refractivity contribution in [3.63, 3.8) is 0 Å². The maximum absolute atomic E-state index is 12.2. The first-order chi connectivity index (χ1) is 8.70. The molecule has 2 atom stereocenters. The minimum atomic E-state index is -0.767. The van der Waals surface area contributed by atoms with E-state index < -0.39 is 10.4 Å². The van der Waals surface area contributed by atoms with Crippen LogP contribution in [0.25, 0.3) is 0 Å². The zero-order valence-electron chi connectivity index (χ0n) is 9.85. The molecule has 1 aliphatic heterocycles. The molecule has 104 valence electrons. The highest BCUT2D eigenvalue weighted by atomic mass is 79.9. The van der Waals surface area contributed by atoms with E-state index in [0.717, 1.165) is 13.1 Å². The Morgan fingerprint density at radius 2 is 2.11 bits per heavy atom. The van der Waals surface area contributed by atoms with Crippen LogP contribution in [0, 0.1) is 5.41 Å². The number of amides is 1. The number of guanidine groups is 1. The van der Waals surface area contributed by atoms with Gasteiger partial charge in [0, 0.05) is 7.05 Å². The molecular weight excluding hydrogens is 485 g/mol. The van der Waals surface area contributed by atoms with Gasteiger partial charge in [0.05, 0.1) is 23.7 Å². The first-order valence-electron chi connectivity index (χ1n) is 5.12. The van der Waals surface area contributed by atoms with Crippen LogP contribution in [0.15, 0.2) is 8.26 Å². The van der Waals surface area contributed by atoms with Crippen LogP contribution < -0.4 is 5.32 Å². The van der Waals surface area contributed by atoms with Gasteiger partial charge in [-0.15, -0.1) is 11.3 Å². The molecule has 19 heavy (non-hydrogen) atoms. The zero-order valence-corrected chi connectivity index (χ0v) is 16.2. The van der Waals surface area contributed by atoms with Crippen molar-refractivity contribution in [3.8, 4) is 0 Å². The Hall–Kier alpha value is 0.370. The normalized spacial score (nSPS) is 27.7. The second kappa shape index (κ2) is 5.29. The number of nitrogens with zero attached hydrogens (tertiary/aromatic N) is 1. The van der Waals surface area contributed by atoms with E-state index in [1.165, 1.54) is 16.2 Å². The Morgan fingerprint density at radius 3 is 2.58 bits per heavy atom. The lowest BCUT2D eigenvalue weighted by atomic mass is 9.93. The van der Waals surface area contributed by atoms with Gasteiger partial charge in [0.25, 0.3) is 0 Å². The second-order valence-corrected chi connectivity index (χ2v) is 8.69. The van der Waals surface area contributed by atoms with Crippen LogP contribution in [0.4, 0.5) is 0 Å². The Morgan fingerprint density at radius 1 is 1.53 bits per heavy atom. The maximum atomic E-state index is 12.2. The fourth-order valence-corrected chi connectivity index (χ4v) is 5.37. The van der Waals surface area contributed by atoms with Gasteiger partial charge < -0.3 is 5.32 Å². The van der Waals surface area contributed by atoms with Crippen molar-refractivity contribution in [3.05, 3.63) is 18.2 Å². The monoisotopic (exact) mass is 491 g/mol. The number of carbonyl (C=O) groups is 1. The number of carbonyl (C=O) groups excluding carboxylic acids is 1. The molecule has 1 fully saturated rings. The van der Waals surface area contributed by atoms with Crippen LogP contribution in [-0.2, 0) is 10.3 Å². The highest BCUT2D eigenvalue weighted by Crippen LogP contribution is 2.48. The van der Waals surface area contributed by atoms with Gasteiger partial charge in [-0.2, -0.15) is 0 Å². The van der Waals surface area contributed by atoms with E-state index in [1.807, 2.05) is 6.92 Å². The third-order valence-corrected chi connectivity index (χ3v) is 8.71. The topological polar surface area (TPSA) is 56.2 Å². The lowest BCUT2D eigenvalue weighted by molar-refractivity contribution is -0.128. The van der Waals surface area contributed by atoms with Crippen LogP contribution in [0.3, 0.4) is 0 Å². The van der Waals surface area contributed by atoms with Gasteiger partial charge in [0.2, 0.25) is 5.91 Å². The number of nitrogens with one attached hydrogen (secondary N) is 2. The summed E-state index contributed by atoms with van der Waals surface area (Å²) in [4.78, 5) is 13.7. The molecule has 0 radical (unpaired) electrons. The molecule has 1 amide bonds. The van der Waals surface area contributed by atoms with Crippen molar-refractivity contribution in [2.45, 2.75) is 17.3 Å². The molecule has 0 aliphatic carbocycles. The van der Waals surface area contributed by atoms with Crippen molar-refractivity contribution in [2.75, 3.05) is 7.05 Å². The summed E-state index contributed by atoms with van der Waals surface area (Å²) in [5, 5.41) is 11.5. The fraction of sp³-hybridized carbons (Fsp3) is 0.400. The van der Waals surface area contributed by atoms with E-state index in [-0.39, 0.29) is 11.9 Å². The molecule has 1 unspecified atom stereocenters. The van der Waals surface area contributed by atoms with Gasteiger partial charge in [-0.1, -0.05) is 27.5 Å². The van der Waals surface area contributed by atoms with Crippen LogP contribution in [0.1, 0.15) is 11.8 Å². The molecule has 1 aromatic heterocycles. The standard InChI is InChI=1S/C10H9Br3ClN3OS/c1-10(6-4(14)3(11)7(13)19-6)5(12)8(18)17(2)9(15)16-10/h5H,1-2H3,(H2,15,16)/t5?,10-/m0/s1. The molecule has 4 nitrogen and oxygen atoms in total. The highest BCUT2D eigenvalue weighted by molar-refractivity contribution is 9.13. The lowest BCUT2D eigenvalue weighted by Crippen LogP contribution is -2.64. The summed E-state index contributed by atoms with van der Waals surface area (Å²) in [6.07, 6.45) is 0. The number of thiophene rings is 1. The minimum Gasteiger partial charge on any atom is -0.344 e. The maximum Gasteiger partial charge on any atom is 0.245 e. The molecule has 2 N–H and O–H groups in total. The lowest BCUT2D eigenvalue weighted by Gasteiger charge is -2.42. The molecule has 0 aromatic carbocycles. The van der Waals surface area contributed by atoms with Gasteiger partial charge in [-0.05, 0) is 38.8 Å². The number of hydrogen-bond acceptors (Lipinski definition) is 3. The van der Waals surface area contributed by atoms with Crippen LogP contribution in [0.5, 0.6) is 0 Å². The summed E-state index contributed by atoms with van der Waals surface area (Å²) < 4.78 is 1.61. The van der Waals surface area contributed by atoms with Gasteiger partial charge in [-0.3, -0.25) is 15.1 Å². The van der Waals surface area contributed by atoms with E-state index in [2.05, 4.69) is 53.1 Å². The first kappa shape index (κ1) is 15.8. The Labute approximate surface area is 144 Å². The predicted octanol–water partition coefficient (Wildman–Crippen LogP) is 3.90. The van der Waals surface area contributed by atoms with E-state index in [0.29, 0.717) is 5.02 Å². The summed E-state index contributed by atoms with van der Waals surface area (Å²) >= 11 is 18.0. The largest absolute Gasteiger partial charge is 0.344 e. The van der Waals surface area contributed by atoms with Crippen molar-refractivity contribution in [2.24, 2.45) is 0 Å². The van der Waals surface area contributed by atoms with Crippen LogP contribution in [-0.4, -0.2) is 28.6 Å². The molecule has 0 saturated carbocycles. The third-order valence-electron chi connectivity index (χ3n) is 3.00. The van der Waals surface area contributed by atoms with E-state index in [1.54, 1.807) is 7.05 Å². The van der Waals surface area contributed by atoms with Gasteiger partial charge in [0.15, 0.2) is 5.96 Å². The van der Waals surface area contributed by atoms with Gasteiger partial charge in [0.1, 0.15) is 4.83 Å². The molecule has 1 saturated heterocycles. The van der Waals surface area contributed by atoms with Crippen LogP contribution in [0.2, 0.25) is 5.02 Å². The summed E-state index contributed by atoms with van der Waals surface area (Å²) in [7, 11) is 1.56. The summed E-state index contributed by atoms with van der Waals surface area (Å²) in [5.74, 6) is -0.122. The first-order valence-corrected chi connectivity index (χ1v) is 8.82. The smallest absolute Gasteiger partial charge is 0.245 e. The number of alkyl halides is 1. The van der Waals surface area contributed by atoms with E-state index >= 15 is 0 Å².